The summed E-state index contributed by atoms with van der Waals surface area (Å²) in [5.41, 5.74) is 7.29. The van der Waals surface area contributed by atoms with E-state index in [0.29, 0.717) is 17.3 Å². The Morgan fingerprint density at radius 2 is 1.88 bits per heavy atom. The number of nitrogens with zero attached hydrogens (tertiary/aromatic N) is 2. The molecule has 0 atom stereocenters. The Balaban J connectivity index is 2.26. The van der Waals surface area contributed by atoms with E-state index < -0.39 is 0 Å². The van der Waals surface area contributed by atoms with E-state index in [4.69, 9.17) is 5.73 Å². The smallest absolute Gasteiger partial charge is 0.278 e. The number of hydrogen-bond donors (Lipinski definition) is 1. The molecule has 1 aromatic carbocycles. The molecular weight excluding hydrogens is 214 g/mol. The quantitative estimate of drug-likeness (QED) is 0.859. The highest BCUT2D eigenvalue weighted by atomic mass is 16.2. The number of hydrogen-bond acceptors (Lipinski definition) is 3. The van der Waals surface area contributed by atoms with E-state index in [1.54, 1.807) is 12.3 Å². The van der Waals surface area contributed by atoms with Crippen molar-refractivity contribution in [1.82, 2.24) is 9.78 Å². The molecule has 0 amide bonds. The normalized spacial score (nSPS) is 10.8. The first-order chi connectivity index (χ1) is 8.08. The van der Waals surface area contributed by atoms with Crippen molar-refractivity contribution in [2.75, 3.05) is 5.73 Å². The lowest BCUT2D eigenvalue weighted by atomic mass is 10.0. The lowest BCUT2D eigenvalue weighted by Gasteiger charge is -2.06. The van der Waals surface area contributed by atoms with Gasteiger partial charge in [-0.3, -0.25) is 4.79 Å². The minimum absolute atomic E-state index is 0.169. The van der Waals surface area contributed by atoms with E-state index in [1.807, 2.05) is 24.3 Å². The molecule has 4 heteroatoms. The number of carbonyl (C=O) groups excluding carboxylic acids is 1. The Hall–Kier alpha value is -2.10. The Kier molecular flexibility index (Phi) is 2.95. The molecule has 0 saturated carbocycles. The molecule has 88 valence electrons. The molecule has 1 heterocycles. The first-order valence-corrected chi connectivity index (χ1v) is 5.53. The third kappa shape index (κ3) is 2.36. The van der Waals surface area contributed by atoms with Crippen molar-refractivity contribution in [1.29, 1.82) is 0 Å². The molecule has 2 aromatic rings. The van der Waals surface area contributed by atoms with Crippen molar-refractivity contribution in [3.63, 3.8) is 0 Å². The first-order valence-electron chi connectivity index (χ1n) is 5.53. The van der Waals surface area contributed by atoms with Crippen molar-refractivity contribution < 1.29 is 4.79 Å². The van der Waals surface area contributed by atoms with E-state index in [2.05, 4.69) is 18.9 Å². The summed E-state index contributed by atoms with van der Waals surface area (Å²) >= 11 is 0. The Bertz CT molecular complexity index is 526. The van der Waals surface area contributed by atoms with Crippen molar-refractivity contribution in [3.8, 4) is 0 Å². The van der Waals surface area contributed by atoms with Gasteiger partial charge in [-0.15, -0.1) is 5.10 Å². The third-order valence-corrected chi connectivity index (χ3v) is 2.64. The van der Waals surface area contributed by atoms with Gasteiger partial charge in [0.05, 0.1) is 0 Å². The van der Waals surface area contributed by atoms with Crippen LogP contribution in [0.15, 0.2) is 36.5 Å². The Labute approximate surface area is 100 Å². The third-order valence-electron chi connectivity index (χ3n) is 2.64. The molecule has 0 fully saturated rings. The fourth-order valence-corrected chi connectivity index (χ4v) is 1.59. The number of aromatic nitrogens is 2. The van der Waals surface area contributed by atoms with Gasteiger partial charge in [-0.05, 0) is 23.6 Å². The van der Waals surface area contributed by atoms with Gasteiger partial charge in [0.2, 0.25) is 0 Å². The molecule has 0 spiro atoms. The first kappa shape index (κ1) is 11.4. The molecule has 17 heavy (non-hydrogen) atoms. The zero-order valence-corrected chi connectivity index (χ0v) is 9.92. The van der Waals surface area contributed by atoms with Crippen LogP contribution in [0.2, 0.25) is 0 Å². The highest BCUT2D eigenvalue weighted by Crippen LogP contribution is 2.15. The van der Waals surface area contributed by atoms with Crippen LogP contribution in [0.25, 0.3) is 0 Å². The summed E-state index contributed by atoms with van der Waals surface area (Å²) in [6.45, 7) is 4.23. The Morgan fingerprint density at radius 1 is 1.24 bits per heavy atom. The van der Waals surface area contributed by atoms with Gasteiger partial charge in [-0.25, -0.2) is 4.68 Å². The van der Waals surface area contributed by atoms with Crippen molar-refractivity contribution in [2.45, 2.75) is 19.8 Å². The summed E-state index contributed by atoms with van der Waals surface area (Å²) in [7, 11) is 0. The van der Waals surface area contributed by atoms with Gasteiger partial charge in [-0.2, -0.15) is 0 Å². The molecule has 2 N–H and O–H groups in total. The number of benzene rings is 1. The zero-order chi connectivity index (χ0) is 12.4. The van der Waals surface area contributed by atoms with Crippen molar-refractivity contribution >= 4 is 11.7 Å². The minimum atomic E-state index is -0.169. The van der Waals surface area contributed by atoms with Crippen LogP contribution >= 0.6 is 0 Å². The summed E-state index contributed by atoms with van der Waals surface area (Å²) < 4.78 is 1.25. The lowest BCUT2D eigenvalue weighted by molar-refractivity contribution is 0.0945. The van der Waals surface area contributed by atoms with E-state index in [-0.39, 0.29) is 5.91 Å². The van der Waals surface area contributed by atoms with E-state index in [0.717, 1.165) is 0 Å². The lowest BCUT2D eigenvalue weighted by Crippen LogP contribution is -2.12. The number of nitrogens with two attached hydrogens (primary N) is 1. The van der Waals surface area contributed by atoms with Crippen molar-refractivity contribution in [2.24, 2.45) is 0 Å². The van der Waals surface area contributed by atoms with Gasteiger partial charge < -0.3 is 5.73 Å². The van der Waals surface area contributed by atoms with Gasteiger partial charge in [0.15, 0.2) is 0 Å². The maximum absolute atomic E-state index is 12.0. The summed E-state index contributed by atoms with van der Waals surface area (Å²) in [6.07, 6.45) is 1.56. The molecule has 0 aliphatic heterocycles. The molecule has 1 aromatic heterocycles. The second-order valence-electron chi connectivity index (χ2n) is 4.27. The van der Waals surface area contributed by atoms with Crippen LogP contribution in [0.1, 0.15) is 35.7 Å². The van der Waals surface area contributed by atoms with Crippen LogP contribution in [0.5, 0.6) is 0 Å². The summed E-state index contributed by atoms with van der Waals surface area (Å²) in [5.74, 6) is 0.633. The fraction of sp³-hybridized carbons (Fsp3) is 0.231. The van der Waals surface area contributed by atoms with E-state index >= 15 is 0 Å². The van der Waals surface area contributed by atoms with Gasteiger partial charge in [-0.1, -0.05) is 26.0 Å². The van der Waals surface area contributed by atoms with E-state index in [9.17, 15) is 4.79 Å². The summed E-state index contributed by atoms with van der Waals surface area (Å²) in [5, 5.41) is 3.89. The monoisotopic (exact) mass is 229 g/mol. The highest BCUT2D eigenvalue weighted by molar-refractivity contribution is 5.95. The average molecular weight is 229 g/mol. The molecule has 0 radical (unpaired) electrons. The molecule has 0 aliphatic carbocycles. The number of rotatable bonds is 2. The average Bonchev–Trinajstić information content (AvgIpc) is 2.75. The number of carbonyl (C=O) groups is 1. The molecule has 0 aliphatic rings. The second kappa shape index (κ2) is 4.41. The molecule has 0 bridgehead atoms. The maximum Gasteiger partial charge on any atom is 0.278 e. The molecule has 0 saturated heterocycles. The Morgan fingerprint density at radius 3 is 2.35 bits per heavy atom. The van der Waals surface area contributed by atoms with Gasteiger partial charge in [0.1, 0.15) is 5.82 Å². The van der Waals surface area contributed by atoms with Crippen LogP contribution in [-0.4, -0.2) is 15.7 Å². The molecule has 0 unspecified atom stereocenters. The standard InChI is InChI=1S/C13H15N3O/c1-9(2)10-3-5-11(6-4-10)13(17)16-8-7-12(14)15-16/h3-9H,1-2H3,(H2,14,15). The van der Waals surface area contributed by atoms with Gasteiger partial charge in [0, 0.05) is 17.8 Å². The number of anilines is 1. The highest BCUT2D eigenvalue weighted by Gasteiger charge is 2.09. The topological polar surface area (TPSA) is 60.9 Å². The SMILES string of the molecule is CC(C)c1ccc(C(=O)n2ccc(N)n2)cc1. The largest absolute Gasteiger partial charge is 0.382 e. The van der Waals surface area contributed by atoms with Gasteiger partial charge >= 0.3 is 0 Å². The van der Waals surface area contributed by atoms with Crippen LogP contribution in [-0.2, 0) is 0 Å². The summed E-state index contributed by atoms with van der Waals surface area (Å²) in [4.78, 5) is 12.0. The predicted octanol–water partition coefficient (Wildman–Crippen LogP) is 2.28. The molecular formula is C13H15N3O. The summed E-state index contributed by atoms with van der Waals surface area (Å²) in [6, 6.07) is 9.15. The van der Waals surface area contributed by atoms with E-state index in [1.165, 1.54) is 10.2 Å². The fourth-order valence-electron chi connectivity index (χ4n) is 1.59. The number of nitrogen functional groups attached to an aromatic ring is 1. The zero-order valence-electron chi connectivity index (χ0n) is 9.92. The minimum Gasteiger partial charge on any atom is -0.382 e. The predicted molar refractivity (Wildman–Crippen MR) is 66.9 cm³/mol. The maximum atomic E-state index is 12.0. The molecule has 2 rings (SSSR count). The van der Waals surface area contributed by atoms with Crippen LogP contribution < -0.4 is 5.73 Å². The second-order valence-corrected chi connectivity index (χ2v) is 4.27. The van der Waals surface area contributed by atoms with Crippen molar-refractivity contribution in [3.05, 3.63) is 47.7 Å². The van der Waals surface area contributed by atoms with Crippen LogP contribution in [0.4, 0.5) is 5.82 Å². The molecule has 4 nitrogen and oxygen atoms in total. The van der Waals surface area contributed by atoms with Crippen LogP contribution in [0, 0.1) is 0 Å². The van der Waals surface area contributed by atoms with Crippen LogP contribution in [0.3, 0.4) is 0 Å². The van der Waals surface area contributed by atoms with Gasteiger partial charge in [0.25, 0.3) is 5.91 Å².